The third kappa shape index (κ3) is 3.23. The van der Waals surface area contributed by atoms with Gasteiger partial charge in [0.1, 0.15) is 10.6 Å². The van der Waals surface area contributed by atoms with Crippen LogP contribution in [0.2, 0.25) is 0 Å². The number of aromatic nitrogens is 1. The van der Waals surface area contributed by atoms with Crippen LogP contribution >= 0.6 is 11.3 Å². The van der Waals surface area contributed by atoms with Crippen LogP contribution in [-0.4, -0.2) is 18.6 Å². The first kappa shape index (κ1) is 15.9. The van der Waals surface area contributed by atoms with Crippen LogP contribution in [-0.2, 0) is 23.3 Å². The Morgan fingerprint density at radius 3 is 2.85 bits per heavy atom. The largest absolute Gasteiger partial charge is 0.368 e. The summed E-state index contributed by atoms with van der Waals surface area (Å²) in [4.78, 5) is 6.33. The summed E-state index contributed by atoms with van der Waals surface area (Å²) in [6, 6.07) is 0. The Balaban J connectivity index is 2.33. The fourth-order valence-electron chi connectivity index (χ4n) is 3.32. The zero-order valence-corrected chi connectivity index (χ0v) is 14.1. The van der Waals surface area contributed by atoms with Crippen LogP contribution < -0.4 is 5.32 Å². The molecular weight excluding hydrogens is 268 g/mol. The predicted molar refractivity (Wildman–Crippen MR) is 85.2 cm³/mol. The fourth-order valence-corrected chi connectivity index (χ4v) is 4.66. The summed E-state index contributed by atoms with van der Waals surface area (Å²) in [6.07, 6.45) is 5.83. The molecule has 1 heterocycles. The van der Waals surface area contributed by atoms with Gasteiger partial charge in [-0.25, -0.2) is 4.98 Å². The standard InChI is InChI=1S/C16H28N2OS/c1-5-13-14(11-17-4)20-15(18-13)16(19-6-2)9-7-8-12(3)10-16/h12,17H,5-11H2,1-4H3. The summed E-state index contributed by atoms with van der Waals surface area (Å²) in [5.41, 5.74) is 1.13. The summed E-state index contributed by atoms with van der Waals surface area (Å²) in [5, 5.41) is 4.47. The minimum absolute atomic E-state index is 0.118. The Morgan fingerprint density at radius 1 is 1.45 bits per heavy atom. The second kappa shape index (κ2) is 7.01. The first-order valence-electron chi connectivity index (χ1n) is 7.92. The van der Waals surface area contributed by atoms with E-state index < -0.39 is 0 Å². The Labute approximate surface area is 127 Å². The first-order valence-corrected chi connectivity index (χ1v) is 8.74. The lowest BCUT2D eigenvalue weighted by Gasteiger charge is -2.38. The van der Waals surface area contributed by atoms with Crippen molar-refractivity contribution >= 4 is 11.3 Å². The molecule has 1 saturated carbocycles. The van der Waals surface area contributed by atoms with Crippen molar-refractivity contribution in [2.45, 2.75) is 65.0 Å². The van der Waals surface area contributed by atoms with Crippen LogP contribution in [0.3, 0.4) is 0 Å². The van der Waals surface area contributed by atoms with E-state index in [2.05, 4.69) is 26.1 Å². The van der Waals surface area contributed by atoms with Gasteiger partial charge in [0.2, 0.25) is 0 Å². The molecule has 0 bridgehead atoms. The topological polar surface area (TPSA) is 34.1 Å². The molecular formula is C16H28N2OS. The van der Waals surface area contributed by atoms with Gasteiger partial charge in [0.05, 0.1) is 5.69 Å². The zero-order chi connectivity index (χ0) is 14.6. The highest BCUT2D eigenvalue weighted by Crippen LogP contribution is 2.44. The number of ether oxygens (including phenoxy) is 1. The van der Waals surface area contributed by atoms with E-state index in [0.29, 0.717) is 0 Å². The van der Waals surface area contributed by atoms with Crippen LogP contribution in [0.5, 0.6) is 0 Å². The highest BCUT2D eigenvalue weighted by molar-refractivity contribution is 7.11. The van der Waals surface area contributed by atoms with Gasteiger partial charge >= 0.3 is 0 Å². The Bertz CT molecular complexity index is 428. The molecule has 0 spiro atoms. The minimum Gasteiger partial charge on any atom is -0.368 e. The molecule has 1 aromatic heterocycles. The minimum atomic E-state index is -0.118. The SMILES string of the molecule is CCOC1(c2nc(CC)c(CNC)s2)CCCC(C)C1. The molecule has 1 N–H and O–H groups in total. The molecule has 3 nitrogen and oxygen atoms in total. The Morgan fingerprint density at radius 2 is 2.25 bits per heavy atom. The van der Waals surface area contributed by atoms with E-state index in [-0.39, 0.29) is 5.60 Å². The van der Waals surface area contributed by atoms with Gasteiger partial charge in [0.15, 0.2) is 0 Å². The molecule has 0 amide bonds. The Hall–Kier alpha value is -0.450. The number of thiazole rings is 1. The van der Waals surface area contributed by atoms with Gasteiger partial charge < -0.3 is 10.1 Å². The summed E-state index contributed by atoms with van der Waals surface area (Å²) in [6.45, 7) is 8.32. The van der Waals surface area contributed by atoms with E-state index in [1.807, 2.05) is 18.4 Å². The van der Waals surface area contributed by atoms with Crippen molar-refractivity contribution in [3.63, 3.8) is 0 Å². The molecule has 0 radical (unpaired) electrons. The summed E-state index contributed by atoms with van der Waals surface area (Å²) >= 11 is 1.86. The van der Waals surface area contributed by atoms with Crippen molar-refractivity contribution in [1.82, 2.24) is 10.3 Å². The molecule has 2 atom stereocenters. The molecule has 0 aromatic carbocycles. The summed E-state index contributed by atoms with van der Waals surface area (Å²) in [7, 11) is 2.00. The van der Waals surface area contributed by atoms with Crippen LogP contribution in [0, 0.1) is 5.92 Å². The maximum Gasteiger partial charge on any atom is 0.125 e. The number of rotatable bonds is 6. The van der Waals surface area contributed by atoms with Crippen LogP contribution in [0.15, 0.2) is 0 Å². The van der Waals surface area contributed by atoms with Crippen LogP contribution in [0.4, 0.5) is 0 Å². The second-order valence-corrected chi connectivity index (χ2v) is 6.99. The van der Waals surface area contributed by atoms with Crippen molar-refractivity contribution in [1.29, 1.82) is 0 Å². The van der Waals surface area contributed by atoms with Gasteiger partial charge in [0.25, 0.3) is 0 Å². The van der Waals surface area contributed by atoms with Gasteiger partial charge in [-0.05, 0) is 45.6 Å². The smallest absolute Gasteiger partial charge is 0.125 e. The van der Waals surface area contributed by atoms with Crippen LogP contribution in [0.1, 0.15) is 62.0 Å². The third-order valence-electron chi connectivity index (χ3n) is 4.22. The molecule has 20 heavy (non-hydrogen) atoms. The molecule has 2 rings (SSSR count). The van der Waals surface area contributed by atoms with Crippen molar-refractivity contribution in [3.05, 3.63) is 15.6 Å². The van der Waals surface area contributed by atoms with Crippen molar-refractivity contribution in [2.75, 3.05) is 13.7 Å². The number of hydrogen-bond donors (Lipinski definition) is 1. The van der Waals surface area contributed by atoms with Gasteiger partial charge in [-0.2, -0.15) is 0 Å². The highest BCUT2D eigenvalue weighted by Gasteiger charge is 2.40. The van der Waals surface area contributed by atoms with Gasteiger partial charge in [-0.1, -0.05) is 20.3 Å². The molecule has 1 aliphatic carbocycles. The van der Waals surface area contributed by atoms with E-state index in [1.165, 1.54) is 28.4 Å². The second-order valence-electron chi connectivity index (χ2n) is 5.90. The summed E-state index contributed by atoms with van der Waals surface area (Å²) < 4.78 is 6.25. The molecule has 1 aliphatic rings. The van der Waals surface area contributed by atoms with E-state index >= 15 is 0 Å². The molecule has 1 aromatic rings. The van der Waals surface area contributed by atoms with E-state index in [9.17, 15) is 0 Å². The quantitative estimate of drug-likeness (QED) is 0.865. The average Bonchev–Trinajstić information content (AvgIpc) is 2.83. The predicted octanol–water partition coefficient (Wildman–Crippen LogP) is 3.87. The van der Waals surface area contributed by atoms with Gasteiger partial charge in [0, 0.05) is 18.0 Å². The van der Waals surface area contributed by atoms with Crippen LogP contribution in [0.25, 0.3) is 0 Å². The molecule has 114 valence electrons. The van der Waals surface area contributed by atoms with Gasteiger partial charge in [-0.15, -0.1) is 11.3 Å². The summed E-state index contributed by atoms with van der Waals surface area (Å²) in [5.74, 6) is 0.733. The number of nitrogens with one attached hydrogen (secondary N) is 1. The monoisotopic (exact) mass is 296 g/mol. The van der Waals surface area contributed by atoms with E-state index in [1.54, 1.807) is 0 Å². The molecule has 1 fully saturated rings. The molecule has 2 unspecified atom stereocenters. The van der Waals surface area contributed by atoms with Crippen molar-refractivity contribution in [2.24, 2.45) is 5.92 Å². The van der Waals surface area contributed by atoms with E-state index in [4.69, 9.17) is 9.72 Å². The number of hydrogen-bond acceptors (Lipinski definition) is 4. The highest BCUT2D eigenvalue weighted by atomic mass is 32.1. The third-order valence-corrected chi connectivity index (χ3v) is 5.50. The molecule has 0 aliphatic heterocycles. The average molecular weight is 296 g/mol. The lowest BCUT2D eigenvalue weighted by molar-refractivity contribution is -0.0821. The van der Waals surface area contributed by atoms with Crippen molar-refractivity contribution in [3.8, 4) is 0 Å². The molecule has 0 saturated heterocycles. The zero-order valence-electron chi connectivity index (χ0n) is 13.3. The normalized spacial score (nSPS) is 26.9. The van der Waals surface area contributed by atoms with Crippen molar-refractivity contribution < 1.29 is 4.74 Å². The first-order chi connectivity index (χ1) is 9.65. The fraction of sp³-hybridized carbons (Fsp3) is 0.812. The lowest BCUT2D eigenvalue weighted by Crippen LogP contribution is -2.35. The number of aryl methyl sites for hydroxylation is 1. The number of nitrogens with zero attached hydrogens (tertiary/aromatic N) is 1. The van der Waals surface area contributed by atoms with Gasteiger partial charge in [-0.3, -0.25) is 0 Å². The molecule has 4 heteroatoms. The Kier molecular flexibility index (Phi) is 5.58. The maximum atomic E-state index is 6.25. The maximum absolute atomic E-state index is 6.25. The van der Waals surface area contributed by atoms with E-state index in [0.717, 1.165) is 38.3 Å². The lowest BCUT2D eigenvalue weighted by atomic mass is 9.79.